The van der Waals surface area contributed by atoms with E-state index in [4.69, 9.17) is 0 Å². The van der Waals surface area contributed by atoms with Crippen LogP contribution in [0.15, 0.2) is 84.9 Å². The van der Waals surface area contributed by atoms with Gasteiger partial charge in [0.2, 0.25) is 0 Å². The molecule has 0 N–H and O–H groups in total. The van der Waals surface area contributed by atoms with E-state index in [9.17, 15) is 0 Å². The van der Waals surface area contributed by atoms with Crippen LogP contribution in [0.3, 0.4) is 0 Å². The second kappa shape index (κ2) is 5.47. The fourth-order valence-electron chi connectivity index (χ4n) is 6.27. The number of hydrogen-bond donors (Lipinski definition) is 0. The summed E-state index contributed by atoms with van der Waals surface area (Å²) in [5, 5.41) is 19.3. The standard InChI is InChI=1S/C32H20/c1-17-9-11-19-25(13-17)21-5-3-7-23-28-16-30-20-12-10-18(2)14-26(20)22-6-4-8-24(32(22)30)27(28)15-29(19)31(21)23/h3-16H,1-2H3. The average molecular weight is 405 g/mol. The lowest BCUT2D eigenvalue weighted by Gasteiger charge is -2.10. The molecule has 0 atom stereocenters. The van der Waals surface area contributed by atoms with Gasteiger partial charge in [-0.2, -0.15) is 0 Å². The van der Waals surface area contributed by atoms with Crippen LogP contribution in [0.5, 0.6) is 0 Å². The average Bonchev–Trinajstić information content (AvgIpc) is 3.29. The minimum absolute atomic E-state index is 1.32. The molecule has 0 unspecified atom stereocenters. The Bertz CT molecular complexity index is 1890. The van der Waals surface area contributed by atoms with E-state index in [1.807, 2.05) is 0 Å². The van der Waals surface area contributed by atoms with E-state index in [0.29, 0.717) is 0 Å². The number of rotatable bonds is 0. The van der Waals surface area contributed by atoms with Crippen LogP contribution in [-0.4, -0.2) is 0 Å². The molecule has 0 amide bonds. The molecule has 0 saturated heterocycles. The summed E-state index contributed by atoms with van der Waals surface area (Å²) in [5.41, 5.74) is 2.63. The highest BCUT2D eigenvalue weighted by Gasteiger charge is 2.18. The lowest BCUT2D eigenvalue weighted by molar-refractivity contribution is 1.52. The van der Waals surface area contributed by atoms with E-state index in [1.54, 1.807) is 0 Å². The van der Waals surface area contributed by atoms with Crippen LogP contribution in [0.4, 0.5) is 0 Å². The van der Waals surface area contributed by atoms with Crippen molar-refractivity contribution in [3.05, 3.63) is 96.1 Å². The normalized spacial score (nSPS) is 12.7. The Kier molecular flexibility index (Phi) is 2.86. The summed E-state index contributed by atoms with van der Waals surface area (Å²) in [7, 11) is 0. The van der Waals surface area contributed by atoms with Crippen LogP contribution < -0.4 is 0 Å². The van der Waals surface area contributed by atoms with Gasteiger partial charge in [-0.3, -0.25) is 0 Å². The molecule has 0 spiro atoms. The second-order valence-electron chi connectivity index (χ2n) is 9.50. The van der Waals surface area contributed by atoms with Crippen LogP contribution in [-0.2, 0) is 0 Å². The van der Waals surface area contributed by atoms with Crippen LogP contribution in [0, 0.1) is 13.8 Å². The third kappa shape index (κ3) is 1.86. The summed E-state index contributed by atoms with van der Waals surface area (Å²) in [5.74, 6) is 0. The molecule has 8 aromatic rings. The van der Waals surface area contributed by atoms with Gasteiger partial charge >= 0.3 is 0 Å². The molecule has 0 fully saturated rings. The number of hydrogen-bond acceptors (Lipinski definition) is 0. The molecule has 0 aliphatic heterocycles. The molecule has 0 aromatic heterocycles. The summed E-state index contributed by atoms with van der Waals surface area (Å²) in [4.78, 5) is 0. The van der Waals surface area contributed by atoms with E-state index in [0.717, 1.165) is 0 Å². The quantitative estimate of drug-likeness (QED) is 0.221. The molecule has 32 heavy (non-hydrogen) atoms. The Morgan fingerprint density at radius 3 is 1.09 bits per heavy atom. The van der Waals surface area contributed by atoms with E-state index in [1.165, 1.54) is 86.5 Å². The van der Waals surface area contributed by atoms with E-state index >= 15 is 0 Å². The lowest BCUT2D eigenvalue weighted by Crippen LogP contribution is -1.82. The molecule has 8 rings (SSSR count). The minimum Gasteiger partial charge on any atom is -0.0610 e. The van der Waals surface area contributed by atoms with Crippen molar-refractivity contribution in [3.8, 4) is 0 Å². The number of fused-ring (bicyclic) bond motifs is 9. The first kappa shape index (κ1) is 16.8. The highest BCUT2D eigenvalue weighted by Crippen LogP contribution is 2.47. The second-order valence-corrected chi connectivity index (χ2v) is 9.50. The Hall–Kier alpha value is -3.90. The van der Waals surface area contributed by atoms with Gasteiger partial charge in [-0.25, -0.2) is 0 Å². The van der Waals surface area contributed by atoms with Crippen molar-refractivity contribution in [2.45, 2.75) is 13.8 Å². The molecule has 148 valence electrons. The maximum Gasteiger partial charge on any atom is -0.00199 e. The molecule has 0 nitrogen and oxygen atoms in total. The van der Waals surface area contributed by atoms with Crippen LogP contribution in [0.1, 0.15) is 11.1 Å². The van der Waals surface area contributed by atoms with Gasteiger partial charge in [0.05, 0.1) is 0 Å². The van der Waals surface area contributed by atoms with E-state index in [2.05, 4.69) is 98.8 Å². The van der Waals surface area contributed by atoms with Gasteiger partial charge < -0.3 is 0 Å². The zero-order valence-corrected chi connectivity index (χ0v) is 18.1. The van der Waals surface area contributed by atoms with Gasteiger partial charge in [0.15, 0.2) is 0 Å². The predicted molar refractivity (Wildman–Crippen MR) is 141 cm³/mol. The maximum atomic E-state index is 2.46. The monoisotopic (exact) mass is 404 g/mol. The molecule has 0 aliphatic rings. The third-order valence-electron chi connectivity index (χ3n) is 7.63. The molecule has 8 aromatic carbocycles. The van der Waals surface area contributed by atoms with Crippen molar-refractivity contribution in [2.24, 2.45) is 0 Å². The van der Waals surface area contributed by atoms with Gasteiger partial charge in [-0.15, -0.1) is 0 Å². The van der Waals surface area contributed by atoms with Crippen molar-refractivity contribution in [2.75, 3.05) is 0 Å². The summed E-state index contributed by atoms with van der Waals surface area (Å²) in [6.45, 7) is 4.37. The van der Waals surface area contributed by atoms with Gasteiger partial charge in [0, 0.05) is 0 Å². The van der Waals surface area contributed by atoms with Gasteiger partial charge in [0.25, 0.3) is 0 Å². The zero-order valence-electron chi connectivity index (χ0n) is 18.1. The fourth-order valence-corrected chi connectivity index (χ4v) is 6.27. The summed E-state index contributed by atoms with van der Waals surface area (Å²) in [6, 6.07) is 32.4. The molecule has 0 aliphatic carbocycles. The Morgan fingerprint density at radius 1 is 0.312 bits per heavy atom. The molecular formula is C32H20. The van der Waals surface area contributed by atoms with Crippen molar-refractivity contribution in [1.29, 1.82) is 0 Å². The summed E-state index contributed by atoms with van der Waals surface area (Å²) in [6.07, 6.45) is 0. The lowest BCUT2D eigenvalue weighted by atomic mass is 9.93. The number of benzene rings is 6. The first-order chi connectivity index (χ1) is 15.7. The minimum atomic E-state index is 1.32. The first-order valence-electron chi connectivity index (χ1n) is 11.4. The molecule has 0 bridgehead atoms. The Labute approximate surface area is 185 Å². The fraction of sp³-hybridized carbons (Fsp3) is 0.0625. The highest BCUT2D eigenvalue weighted by molar-refractivity contribution is 6.40. The highest BCUT2D eigenvalue weighted by atomic mass is 14.2. The summed E-state index contributed by atoms with van der Waals surface area (Å²) < 4.78 is 0. The topological polar surface area (TPSA) is 0 Å². The van der Waals surface area contributed by atoms with Gasteiger partial charge in [-0.1, -0.05) is 83.9 Å². The number of aryl methyl sites for hydroxylation is 2. The van der Waals surface area contributed by atoms with Crippen LogP contribution in [0.25, 0.3) is 75.4 Å². The van der Waals surface area contributed by atoms with Crippen molar-refractivity contribution in [1.82, 2.24) is 0 Å². The van der Waals surface area contributed by atoms with Crippen molar-refractivity contribution >= 4 is 75.4 Å². The Balaban J connectivity index is 1.72. The SMILES string of the molecule is Cc1ccc2c(c1)c1cccc3c4cc5c6ccc(C)cc6c6cccc(c4cc2c13)c65. The largest absolute Gasteiger partial charge is 0.0610 e. The zero-order chi connectivity index (χ0) is 21.1. The molecule has 0 saturated carbocycles. The van der Waals surface area contributed by atoms with Crippen molar-refractivity contribution in [3.63, 3.8) is 0 Å². The van der Waals surface area contributed by atoms with Gasteiger partial charge in [-0.05, 0) is 101 Å². The molecular weight excluding hydrogens is 384 g/mol. The molecule has 0 heteroatoms. The molecule has 0 heterocycles. The maximum absolute atomic E-state index is 2.46. The van der Waals surface area contributed by atoms with Crippen molar-refractivity contribution < 1.29 is 0 Å². The van der Waals surface area contributed by atoms with Crippen LogP contribution >= 0.6 is 0 Å². The van der Waals surface area contributed by atoms with E-state index in [-0.39, 0.29) is 0 Å². The summed E-state index contributed by atoms with van der Waals surface area (Å²) >= 11 is 0. The smallest absolute Gasteiger partial charge is 0.00199 e. The third-order valence-corrected chi connectivity index (χ3v) is 7.63. The van der Waals surface area contributed by atoms with E-state index < -0.39 is 0 Å². The van der Waals surface area contributed by atoms with Gasteiger partial charge in [0.1, 0.15) is 0 Å². The van der Waals surface area contributed by atoms with Crippen LogP contribution in [0.2, 0.25) is 0 Å². The predicted octanol–water partition coefficient (Wildman–Crippen LogP) is 9.25. The first-order valence-corrected chi connectivity index (χ1v) is 11.4. The molecule has 0 radical (unpaired) electrons. The Morgan fingerprint density at radius 2 is 0.688 bits per heavy atom.